The molecule has 0 saturated carbocycles. The fourth-order valence-corrected chi connectivity index (χ4v) is 3.46. The van der Waals surface area contributed by atoms with Crippen molar-refractivity contribution in [1.82, 2.24) is 0 Å². The van der Waals surface area contributed by atoms with Gasteiger partial charge in [0.05, 0.1) is 11.7 Å². The third-order valence-corrected chi connectivity index (χ3v) is 5.18. The summed E-state index contributed by atoms with van der Waals surface area (Å²) in [6.45, 7) is 7.47. The van der Waals surface area contributed by atoms with Crippen molar-refractivity contribution in [2.75, 3.05) is 17.3 Å². The van der Waals surface area contributed by atoms with Crippen molar-refractivity contribution < 1.29 is 15.0 Å². The van der Waals surface area contributed by atoms with Gasteiger partial charge in [0.25, 0.3) is 0 Å². The number of rotatable bonds is 10. The molecule has 0 aliphatic heterocycles. The maximum absolute atomic E-state index is 12.5. The zero-order valence-electron chi connectivity index (χ0n) is 16.6. The van der Waals surface area contributed by atoms with Crippen LogP contribution >= 0.6 is 11.8 Å². The molecule has 154 valence electrons. The van der Waals surface area contributed by atoms with Gasteiger partial charge in [-0.05, 0) is 72.2 Å². The molecular weight excluding hydrogens is 384 g/mol. The molecule has 0 bridgehead atoms. The number of nitrogens with two attached hydrogens (primary N) is 1. The minimum Gasteiger partial charge on any atom is -0.508 e. The Morgan fingerprint density at radius 3 is 2.59 bits per heavy atom. The van der Waals surface area contributed by atoms with Crippen molar-refractivity contribution in [2.45, 2.75) is 25.3 Å². The summed E-state index contributed by atoms with van der Waals surface area (Å²) in [6, 6.07) is 8.05. The number of aromatic hydroxyl groups is 2. The summed E-state index contributed by atoms with van der Waals surface area (Å²) in [6.07, 6.45) is 7.04. The van der Waals surface area contributed by atoms with Crippen molar-refractivity contribution in [3.8, 4) is 22.6 Å². The first kappa shape index (κ1) is 22.6. The van der Waals surface area contributed by atoms with Crippen molar-refractivity contribution >= 4 is 23.4 Å². The van der Waals surface area contributed by atoms with E-state index in [4.69, 9.17) is 5.73 Å². The van der Waals surface area contributed by atoms with Crippen LogP contribution in [0.4, 0.5) is 5.69 Å². The van der Waals surface area contributed by atoms with E-state index in [0.29, 0.717) is 36.1 Å². The lowest BCUT2D eigenvalue weighted by Crippen LogP contribution is -2.36. The van der Waals surface area contributed by atoms with Crippen LogP contribution in [0.1, 0.15) is 17.5 Å². The molecule has 0 saturated heterocycles. The molecule has 0 spiro atoms. The molecule has 0 heterocycles. The Kier molecular flexibility index (Phi) is 8.36. The topological polar surface area (TPSA) is 95.6 Å². The van der Waals surface area contributed by atoms with Crippen molar-refractivity contribution in [1.29, 1.82) is 0 Å². The molecule has 29 heavy (non-hydrogen) atoms. The molecule has 2 aromatic rings. The molecule has 0 aliphatic carbocycles. The normalized spacial score (nSPS) is 11.7. The van der Waals surface area contributed by atoms with Crippen LogP contribution in [0.2, 0.25) is 0 Å². The van der Waals surface area contributed by atoms with Crippen molar-refractivity contribution in [3.63, 3.8) is 0 Å². The summed E-state index contributed by atoms with van der Waals surface area (Å²) in [5.74, 6) is 0.568. The lowest BCUT2D eigenvalue weighted by atomic mass is 9.96. The van der Waals surface area contributed by atoms with Gasteiger partial charge in [-0.2, -0.15) is 11.8 Å². The Labute approximate surface area is 176 Å². The maximum Gasteiger partial charge on any atom is 0.241 e. The maximum atomic E-state index is 12.5. The summed E-state index contributed by atoms with van der Waals surface area (Å²) in [5, 5.41) is 23.6. The van der Waals surface area contributed by atoms with E-state index in [9.17, 15) is 15.0 Å². The Bertz CT molecular complexity index is 896. The second-order valence-electron chi connectivity index (χ2n) is 6.75. The highest BCUT2D eigenvalue weighted by molar-refractivity contribution is 7.98. The molecule has 0 fully saturated rings. The van der Waals surface area contributed by atoms with Crippen LogP contribution in [0.3, 0.4) is 0 Å². The number of benzene rings is 2. The summed E-state index contributed by atoms with van der Waals surface area (Å²) >= 11 is 1.62. The third kappa shape index (κ3) is 5.89. The molecule has 0 unspecified atom stereocenters. The molecule has 6 heteroatoms. The average Bonchev–Trinajstić information content (AvgIpc) is 2.70. The number of hydrogen-bond donors (Lipinski definition) is 4. The number of thioether (sulfide) groups is 1. The van der Waals surface area contributed by atoms with Gasteiger partial charge in [-0.1, -0.05) is 18.2 Å². The van der Waals surface area contributed by atoms with Crippen LogP contribution in [0.15, 0.2) is 55.6 Å². The van der Waals surface area contributed by atoms with Crippen molar-refractivity contribution in [2.24, 2.45) is 5.73 Å². The number of hydrogen-bond acceptors (Lipinski definition) is 5. The molecule has 1 amide bonds. The molecule has 5 N–H and O–H groups in total. The molecule has 0 aromatic heterocycles. The van der Waals surface area contributed by atoms with E-state index in [1.165, 1.54) is 0 Å². The predicted molar refractivity (Wildman–Crippen MR) is 123 cm³/mol. The van der Waals surface area contributed by atoms with Crippen LogP contribution in [0.25, 0.3) is 11.1 Å². The summed E-state index contributed by atoms with van der Waals surface area (Å²) in [5.41, 5.74) is 9.14. The standard InChI is InChI=1S/C23H28N2O3S/c1-4-6-15-12-18(16-8-9-21(26)17(14-16)7-5-2)22(27)20(13-15)25-23(28)19(24)10-11-29-3/h4-5,8-9,12-14,19,26-27H,1-2,6-7,10-11,24H2,3H3,(H,25,28)/t19-/m0/s1. The van der Waals surface area contributed by atoms with E-state index in [2.05, 4.69) is 18.5 Å². The van der Waals surface area contributed by atoms with E-state index in [-0.39, 0.29) is 17.4 Å². The van der Waals surface area contributed by atoms with Gasteiger partial charge in [0, 0.05) is 5.56 Å². The summed E-state index contributed by atoms with van der Waals surface area (Å²) in [4.78, 5) is 12.5. The Morgan fingerprint density at radius 1 is 1.21 bits per heavy atom. The number of carbonyl (C=O) groups excluding carboxylic acids is 1. The van der Waals surface area contributed by atoms with Crippen LogP contribution in [0, 0.1) is 0 Å². The molecule has 0 radical (unpaired) electrons. The zero-order chi connectivity index (χ0) is 21.4. The lowest BCUT2D eigenvalue weighted by molar-refractivity contribution is -0.117. The van der Waals surface area contributed by atoms with Gasteiger partial charge in [-0.15, -0.1) is 13.2 Å². The smallest absolute Gasteiger partial charge is 0.241 e. The second-order valence-corrected chi connectivity index (χ2v) is 7.73. The fraction of sp³-hybridized carbons (Fsp3) is 0.261. The molecule has 2 aromatic carbocycles. The molecule has 2 rings (SSSR count). The largest absolute Gasteiger partial charge is 0.508 e. The van der Waals surface area contributed by atoms with Crippen LogP contribution in [0.5, 0.6) is 11.5 Å². The zero-order valence-corrected chi connectivity index (χ0v) is 17.5. The first-order valence-corrected chi connectivity index (χ1v) is 10.8. The molecule has 1 atom stereocenters. The first-order chi connectivity index (χ1) is 13.9. The number of carbonyl (C=O) groups is 1. The number of anilines is 1. The Hall–Kier alpha value is -2.70. The van der Waals surface area contributed by atoms with Gasteiger partial charge in [-0.3, -0.25) is 4.79 Å². The number of phenolic OH excluding ortho intramolecular Hbond substituents is 2. The lowest BCUT2D eigenvalue weighted by Gasteiger charge is -2.17. The van der Waals surface area contributed by atoms with Gasteiger partial charge in [0.15, 0.2) is 0 Å². The van der Waals surface area contributed by atoms with Gasteiger partial charge in [-0.25, -0.2) is 0 Å². The highest BCUT2D eigenvalue weighted by Gasteiger charge is 2.18. The Morgan fingerprint density at radius 2 is 1.93 bits per heavy atom. The predicted octanol–water partition coefficient (Wildman–Crippen LogP) is 4.24. The van der Waals surface area contributed by atoms with E-state index < -0.39 is 6.04 Å². The quantitative estimate of drug-likeness (QED) is 0.346. The van der Waals surface area contributed by atoms with Crippen LogP contribution in [-0.4, -0.2) is 34.2 Å². The minimum absolute atomic E-state index is 0.0431. The van der Waals surface area contributed by atoms with E-state index in [0.717, 1.165) is 16.9 Å². The van der Waals surface area contributed by atoms with Crippen molar-refractivity contribution in [3.05, 3.63) is 66.8 Å². The van der Waals surface area contributed by atoms with Gasteiger partial charge in [0.1, 0.15) is 11.5 Å². The van der Waals surface area contributed by atoms with Gasteiger partial charge >= 0.3 is 0 Å². The van der Waals surface area contributed by atoms with Gasteiger partial charge < -0.3 is 21.3 Å². The van der Waals surface area contributed by atoms with E-state index in [1.807, 2.05) is 12.3 Å². The average molecular weight is 413 g/mol. The number of nitrogens with one attached hydrogen (secondary N) is 1. The number of amides is 1. The first-order valence-electron chi connectivity index (χ1n) is 9.36. The summed E-state index contributed by atoms with van der Waals surface area (Å²) in [7, 11) is 0. The highest BCUT2D eigenvalue weighted by Crippen LogP contribution is 2.38. The molecular formula is C23H28N2O3S. The fourth-order valence-electron chi connectivity index (χ4n) is 2.97. The SMILES string of the molecule is C=CCc1cc(NC(=O)[C@@H](N)CCSC)c(O)c(-c2ccc(O)c(CC=C)c2)c1. The van der Waals surface area contributed by atoms with Crippen LogP contribution in [-0.2, 0) is 17.6 Å². The highest BCUT2D eigenvalue weighted by atomic mass is 32.2. The van der Waals surface area contributed by atoms with E-state index in [1.54, 1.807) is 48.2 Å². The monoisotopic (exact) mass is 412 g/mol. The van der Waals surface area contributed by atoms with Gasteiger partial charge in [0.2, 0.25) is 5.91 Å². The van der Waals surface area contributed by atoms with Crippen LogP contribution < -0.4 is 11.1 Å². The Balaban J connectivity index is 2.45. The third-order valence-electron chi connectivity index (χ3n) is 4.53. The number of phenols is 2. The molecule has 5 nitrogen and oxygen atoms in total. The minimum atomic E-state index is -0.652. The molecule has 0 aliphatic rings. The summed E-state index contributed by atoms with van der Waals surface area (Å²) < 4.78 is 0. The van der Waals surface area contributed by atoms with E-state index >= 15 is 0 Å². The number of allylic oxidation sites excluding steroid dienone is 2. The second kappa shape index (κ2) is 10.7.